The summed E-state index contributed by atoms with van der Waals surface area (Å²) < 4.78 is 5.07. The lowest BCUT2D eigenvalue weighted by molar-refractivity contribution is 0.107. The molecule has 4 heteroatoms. The normalized spacial score (nSPS) is 18.6. The summed E-state index contributed by atoms with van der Waals surface area (Å²) >= 11 is 5.78. The van der Waals surface area contributed by atoms with E-state index in [4.69, 9.17) is 16.3 Å². The first-order valence-electron chi connectivity index (χ1n) is 4.57. The topological polar surface area (TPSA) is 38.7 Å². The molecule has 0 radical (unpaired) electrons. The van der Waals surface area contributed by atoms with Gasteiger partial charge in [0, 0.05) is 10.6 Å². The summed E-state index contributed by atoms with van der Waals surface area (Å²) in [5.74, 6) is 0. The Morgan fingerprint density at radius 1 is 1.27 bits per heavy atom. The molecule has 2 rings (SSSR count). The summed E-state index contributed by atoms with van der Waals surface area (Å²) in [7, 11) is 0. The van der Waals surface area contributed by atoms with E-state index in [0.717, 1.165) is 5.56 Å². The van der Waals surface area contributed by atoms with Crippen LogP contribution in [-0.2, 0) is 4.74 Å². The highest BCUT2D eigenvalue weighted by Crippen LogP contribution is 2.25. The molecule has 0 aliphatic carbocycles. The van der Waals surface area contributed by atoms with Crippen molar-refractivity contribution in [3.05, 3.63) is 34.9 Å². The van der Waals surface area contributed by atoms with E-state index >= 15 is 0 Å². The molecule has 1 aliphatic rings. The lowest BCUT2D eigenvalue weighted by Crippen LogP contribution is -2.30. The van der Waals surface area contributed by atoms with Crippen LogP contribution in [0, 0.1) is 0 Å². The van der Waals surface area contributed by atoms with Crippen molar-refractivity contribution in [3.63, 3.8) is 0 Å². The molecule has 15 heavy (non-hydrogen) atoms. The standard InChI is InChI=1S/C11H10ClNO2/c1-11(2)9(13-10(14)15-11)7-3-5-8(12)6-4-7/h3-6H,1-2H3. The van der Waals surface area contributed by atoms with E-state index in [1.807, 2.05) is 26.0 Å². The average molecular weight is 224 g/mol. The molecule has 0 saturated carbocycles. The van der Waals surface area contributed by atoms with Gasteiger partial charge in [0.05, 0.1) is 5.71 Å². The van der Waals surface area contributed by atoms with Crippen molar-refractivity contribution in [2.24, 2.45) is 4.99 Å². The number of amides is 1. The third kappa shape index (κ3) is 1.88. The zero-order valence-electron chi connectivity index (χ0n) is 8.45. The second kappa shape index (κ2) is 3.35. The van der Waals surface area contributed by atoms with Crippen LogP contribution in [0.15, 0.2) is 29.3 Å². The minimum absolute atomic E-state index is 0.537. The van der Waals surface area contributed by atoms with Crippen molar-refractivity contribution in [1.29, 1.82) is 0 Å². The Bertz CT molecular complexity index is 434. The van der Waals surface area contributed by atoms with Gasteiger partial charge in [-0.2, -0.15) is 4.99 Å². The Hall–Kier alpha value is -1.35. The van der Waals surface area contributed by atoms with Crippen LogP contribution in [0.3, 0.4) is 0 Å². The fourth-order valence-corrected chi connectivity index (χ4v) is 1.66. The van der Waals surface area contributed by atoms with Gasteiger partial charge in [-0.05, 0) is 26.0 Å². The average Bonchev–Trinajstić information content (AvgIpc) is 2.41. The van der Waals surface area contributed by atoms with E-state index in [-0.39, 0.29) is 0 Å². The molecule has 0 spiro atoms. The number of carbonyl (C=O) groups is 1. The number of nitrogens with zero attached hydrogens (tertiary/aromatic N) is 1. The Labute approximate surface area is 92.7 Å². The maximum atomic E-state index is 11.1. The molecule has 3 nitrogen and oxygen atoms in total. The fraction of sp³-hybridized carbons (Fsp3) is 0.273. The molecule has 0 unspecified atom stereocenters. The highest BCUT2D eigenvalue weighted by Gasteiger charge is 2.36. The van der Waals surface area contributed by atoms with Crippen molar-refractivity contribution in [2.75, 3.05) is 0 Å². The van der Waals surface area contributed by atoms with Gasteiger partial charge in [0.1, 0.15) is 0 Å². The van der Waals surface area contributed by atoms with Crippen molar-refractivity contribution < 1.29 is 9.53 Å². The van der Waals surface area contributed by atoms with Crippen LogP contribution < -0.4 is 0 Å². The Kier molecular flexibility index (Phi) is 2.27. The maximum Gasteiger partial charge on any atom is 0.434 e. The zero-order valence-corrected chi connectivity index (χ0v) is 9.21. The van der Waals surface area contributed by atoms with Gasteiger partial charge in [0.15, 0.2) is 5.60 Å². The molecular weight excluding hydrogens is 214 g/mol. The summed E-state index contributed by atoms with van der Waals surface area (Å²) in [4.78, 5) is 14.9. The van der Waals surface area contributed by atoms with Gasteiger partial charge >= 0.3 is 6.09 Å². The van der Waals surface area contributed by atoms with Gasteiger partial charge in [-0.3, -0.25) is 0 Å². The third-order valence-corrected chi connectivity index (χ3v) is 2.49. The molecule has 0 fully saturated rings. The predicted molar refractivity (Wildman–Crippen MR) is 58.5 cm³/mol. The fourth-order valence-electron chi connectivity index (χ4n) is 1.54. The highest BCUT2D eigenvalue weighted by molar-refractivity contribution is 6.30. The first-order chi connectivity index (χ1) is 6.99. The van der Waals surface area contributed by atoms with E-state index < -0.39 is 11.7 Å². The summed E-state index contributed by atoms with van der Waals surface area (Å²) in [5, 5.41) is 0.655. The number of rotatable bonds is 1. The lowest BCUT2D eigenvalue weighted by Gasteiger charge is -2.18. The van der Waals surface area contributed by atoms with Gasteiger partial charge in [-0.25, -0.2) is 4.79 Å². The van der Waals surface area contributed by atoms with Crippen LogP contribution in [0.5, 0.6) is 0 Å². The van der Waals surface area contributed by atoms with E-state index in [1.54, 1.807) is 12.1 Å². The third-order valence-electron chi connectivity index (χ3n) is 2.23. The quantitative estimate of drug-likeness (QED) is 0.734. The van der Waals surface area contributed by atoms with Gasteiger partial charge in [0.25, 0.3) is 0 Å². The molecule has 0 saturated heterocycles. The van der Waals surface area contributed by atoms with E-state index in [2.05, 4.69) is 4.99 Å². The van der Waals surface area contributed by atoms with Crippen LogP contribution in [0.2, 0.25) is 5.02 Å². The van der Waals surface area contributed by atoms with E-state index in [0.29, 0.717) is 10.7 Å². The number of aliphatic imine (C=N–C) groups is 1. The number of benzene rings is 1. The molecule has 0 aromatic heterocycles. The van der Waals surface area contributed by atoms with Crippen LogP contribution in [-0.4, -0.2) is 17.4 Å². The van der Waals surface area contributed by atoms with Crippen molar-refractivity contribution in [3.8, 4) is 0 Å². The molecule has 78 valence electrons. The van der Waals surface area contributed by atoms with Crippen molar-refractivity contribution >= 4 is 23.4 Å². The van der Waals surface area contributed by atoms with Crippen LogP contribution in [0.4, 0.5) is 4.79 Å². The SMILES string of the molecule is CC1(C)OC(=O)N=C1c1ccc(Cl)cc1. The summed E-state index contributed by atoms with van der Waals surface area (Å²) in [5.41, 5.74) is 0.838. The van der Waals surface area contributed by atoms with Crippen LogP contribution >= 0.6 is 11.6 Å². The second-order valence-corrected chi connectivity index (χ2v) is 4.28. The van der Waals surface area contributed by atoms with Gasteiger partial charge in [0.2, 0.25) is 0 Å². The molecule has 0 atom stereocenters. The van der Waals surface area contributed by atoms with Gasteiger partial charge in [-0.15, -0.1) is 0 Å². The molecule has 1 amide bonds. The number of halogens is 1. The maximum absolute atomic E-state index is 11.1. The molecular formula is C11H10ClNO2. The largest absolute Gasteiger partial charge is 0.435 e. The molecule has 1 aromatic carbocycles. The summed E-state index contributed by atoms with van der Waals surface area (Å²) in [6.07, 6.45) is -0.537. The van der Waals surface area contributed by atoms with Gasteiger partial charge in [-0.1, -0.05) is 23.7 Å². The Balaban J connectivity index is 2.43. The molecule has 1 aliphatic heterocycles. The molecule has 1 aromatic rings. The molecule has 0 N–H and O–H groups in total. The zero-order chi connectivity index (χ0) is 11.1. The Morgan fingerprint density at radius 2 is 1.87 bits per heavy atom. The van der Waals surface area contributed by atoms with E-state index in [1.165, 1.54) is 0 Å². The lowest BCUT2D eigenvalue weighted by atomic mass is 9.96. The monoisotopic (exact) mass is 223 g/mol. The number of ether oxygens (including phenoxy) is 1. The summed E-state index contributed by atoms with van der Waals surface area (Å²) in [6, 6.07) is 7.17. The smallest absolute Gasteiger partial charge is 0.434 e. The number of hydrogen-bond donors (Lipinski definition) is 0. The minimum Gasteiger partial charge on any atom is -0.435 e. The number of cyclic esters (lactones) is 1. The Morgan fingerprint density at radius 3 is 2.33 bits per heavy atom. The minimum atomic E-state index is -0.662. The van der Waals surface area contributed by atoms with E-state index in [9.17, 15) is 4.79 Å². The van der Waals surface area contributed by atoms with Crippen LogP contribution in [0.1, 0.15) is 19.4 Å². The van der Waals surface area contributed by atoms with Gasteiger partial charge < -0.3 is 4.74 Å². The molecule has 0 bridgehead atoms. The predicted octanol–water partition coefficient (Wildman–Crippen LogP) is 3.06. The van der Waals surface area contributed by atoms with Crippen molar-refractivity contribution in [1.82, 2.24) is 0 Å². The molecule has 1 heterocycles. The first-order valence-corrected chi connectivity index (χ1v) is 4.95. The highest BCUT2D eigenvalue weighted by atomic mass is 35.5. The van der Waals surface area contributed by atoms with Crippen LogP contribution in [0.25, 0.3) is 0 Å². The first kappa shape index (κ1) is 10.2. The van der Waals surface area contributed by atoms with Crippen molar-refractivity contribution in [2.45, 2.75) is 19.4 Å². The second-order valence-electron chi connectivity index (χ2n) is 3.85. The summed E-state index contributed by atoms with van der Waals surface area (Å²) in [6.45, 7) is 3.62. The number of carbonyl (C=O) groups excluding carboxylic acids is 1. The number of hydrogen-bond acceptors (Lipinski definition) is 2.